The van der Waals surface area contributed by atoms with Gasteiger partial charge in [-0.05, 0) is 48.4 Å². The molecular weight excluding hydrogens is 516 g/mol. The number of fused-ring (bicyclic) bond motifs is 1. The molecule has 0 radical (unpaired) electrons. The first kappa shape index (κ1) is 28.1. The number of carboxylic acids is 1. The first-order chi connectivity index (χ1) is 18.0. The fourth-order valence-electron chi connectivity index (χ4n) is 3.46. The summed E-state index contributed by atoms with van der Waals surface area (Å²) in [6.07, 6.45) is 2.23. The Morgan fingerprint density at radius 2 is 1.89 bits per heavy atom. The van der Waals surface area contributed by atoms with Crippen molar-refractivity contribution in [1.82, 2.24) is 14.4 Å². The standard InChI is InChI=1S/C24H28N6O7S/c1-2-10-37-18-8-6-17-7-9-19(22(32)30(17)13-18)21(31)27-12-20(23(33)34)29-38(35,36)14-15-4-3-5-16(11-15)28-24(25)26/h3-9,11,13,20,29H,2,10,12,14H2,1H3,(H,27,31)(H,33,34)(H4,25,26,28). The molecule has 3 rings (SSSR count). The Balaban J connectivity index is 1.72. The molecule has 3 aromatic rings. The van der Waals surface area contributed by atoms with Crippen molar-refractivity contribution in [2.24, 2.45) is 16.5 Å². The van der Waals surface area contributed by atoms with Gasteiger partial charge in [0.1, 0.15) is 17.4 Å². The van der Waals surface area contributed by atoms with Gasteiger partial charge in [0.25, 0.3) is 11.5 Å². The van der Waals surface area contributed by atoms with Crippen LogP contribution in [-0.4, -0.2) is 55.0 Å². The van der Waals surface area contributed by atoms with Crippen LogP contribution in [0.4, 0.5) is 5.69 Å². The van der Waals surface area contributed by atoms with Gasteiger partial charge < -0.3 is 26.6 Å². The van der Waals surface area contributed by atoms with Crippen LogP contribution in [-0.2, 0) is 20.6 Å². The molecule has 0 aliphatic heterocycles. The highest BCUT2D eigenvalue weighted by atomic mass is 32.2. The Morgan fingerprint density at radius 1 is 1.16 bits per heavy atom. The Hall–Kier alpha value is -4.43. The van der Waals surface area contributed by atoms with E-state index in [1.807, 2.05) is 6.92 Å². The normalized spacial score (nSPS) is 12.0. The zero-order valence-corrected chi connectivity index (χ0v) is 21.3. The summed E-state index contributed by atoms with van der Waals surface area (Å²) >= 11 is 0. The predicted octanol–water partition coefficient (Wildman–Crippen LogP) is 0.296. The second-order valence-corrected chi connectivity index (χ2v) is 10.00. The van der Waals surface area contributed by atoms with E-state index in [0.29, 0.717) is 29.1 Å². The number of amides is 1. The quantitative estimate of drug-likeness (QED) is 0.157. The van der Waals surface area contributed by atoms with Crippen LogP contribution in [0.15, 0.2) is 64.5 Å². The summed E-state index contributed by atoms with van der Waals surface area (Å²) in [5.74, 6) is -2.70. The van der Waals surface area contributed by atoms with Crippen molar-refractivity contribution < 1.29 is 27.9 Å². The number of nitrogens with two attached hydrogens (primary N) is 2. The zero-order chi connectivity index (χ0) is 27.9. The summed E-state index contributed by atoms with van der Waals surface area (Å²) in [6, 6.07) is 10.6. The number of aliphatic imine (C=N–C) groups is 1. The minimum absolute atomic E-state index is 0.207. The Bertz CT molecular complexity index is 1530. The molecule has 14 heteroatoms. The molecule has 0 aliphatic rings. The highest BCUT2D eigenvalue weighted by Crippen LogP contribution is 2.16. The topological polar surface area (TPSA) is 208 Å². The largest absolute Gasteiger partial charge is 0.492 e. The van der Waals surface area contributed by atoms with Gasteiger partial charge in [-0.3, -0.25) is 18.8 Å². The van der Waals surface area contributed by atoms with Crippen molar-refractivity contribution in [2.75, 3.05) is 13.2 Å². The Labute approximate surface area is 218 Å². The van der Waals surface area contributed by atoms with Crippen LogP contribution in [0.1, 0.15) is 29.3 Å². The lowest BCUT2D eigenvalue weighted by Gasteiger charge is -2.16. The fourth-order valence-corrected chi connectivity index (χ4v) is 4.78. The Kier molecular flexibility index (Phi) is 9.04. The average Bonchev–Trinajstić information content (AvgIpc) is 2.84. The summed E-state index contributed by atoms with van der Waals surface area (Å²) in [7, 11) is -4.16. The average molecular weight is 545 g/mol. The molecule has 1 unspecified atom stereocenters. The van der Waals surface area contributed by atoms with E-state index in [1.54, 1.807) is 30.3 Å². The molecule has 1 amide bonds. The molecule has 7 N–H and O–H groups in total. The molecular formula is C24H28N6O7S. The van der Waals surface area contributed by atoms with Gasteiger partial charge in [-0.15, -0.1) is 0 Å². The van der Waals surface area contributed by atoms with Gasteiger partial charge in [-0.1, -0.05) is 19.1 Å². The van der Waals surface area contributed by atoms with E-state index in [1.165, 1.54) is 28.8 Å². The summed E-state index contributed by atoms with van der Waals surface area (Å²) in [6.45, 7) is 1.78. The number of hydrogen-bond donors (Lipinski definition) is 5. The molecule has 0 spiro atoms. The zero-order valence-electron chi connectivity index (χ0n) is 20.5. The molecule has 2 aromatic heterocycles. The van der Waals surface area contributed by atoms with Crippen molar-refractivity contribution in [3.05, 3.63) is 76.2 Å². The number of carboxylic acid groups (broad SMARTS) is 1. The molecule has 202 valence electrons. The van der Waals surface area contributed by atoms with Gasteiger partial charge in [0.2, 0.25) is 10.0 Å². The third-order valence-electron chi connectivity index (χ3n) is 5.15. The van der Waals surface area contributed by atoms with Gasteiger partial charge in [-0.2, -0.15) is 4.72 Å². The highest BCUT2D eigenvalue weighted by Gasteiger charge is 2.25. The van der Waals surface area contributed by atoms with Gasteiger partial charge in [-0.25, -0.2) is 13.4 Å². The SMILES string of the molecule is CCCOc1ccc2ccc(C(=O)NCC(NS(=O)(=O)Cc3cccc(N=C(N)N)c3)C(=O)O)c(=O)n2c1. The third-order valence-corrected chi connectivity index (χ3v) is 6.51. The van der Waals surface area contributed by atoms with Crippen LogP contribution < -0.4 is 31.8 Å². The molecule has 38 heavy (non-hydrogen) atoms. The van der Waals surface area contributed by atoms with Crippen LogP contribution in [0.3, 0.4) is 0 Å². The minimum Gasteiger partial charge on any atom is -0.492 e. The smallest absolute Gasteiger partial charge is 0.323 e. The molecule has 0 saturated heterocycles. The fraction of sp³-hybridized carbons (Fsp3) is 0.250. The third kappa shape index (κ3) is 7.54. The van der Waals surface area contributed by atoms with Crippen LogP contribution in [0, 0.1) is 0 Å². The monoisotopic (exact) mass is 544 g/mol. The summed E-state index contributed by atoms with van der Waals surface area (Å²) in [5.41, 5.74) is 10.9. The number of pyridine rings is 2. The number of carbonyl (C=O) groups is 2. The molecule has 13 nitrogen and oxygen atoms in total. The van der Waals surface area contributed by atoms with E-state index in [0.717, 1.165) is 6.42 Å². The predicted molar refractivity (Wildman–Crippen MR) is 141 cm³/mol. The van der Waals surface area contributed by atoms with Gasteiger partial charge >= 0.3 is 5.97 Å². The van der Waals surface area contributed by atoms with Crippen molar-refractivity contribution in [2.45, 2.75) is 25.1 Å². The second-order valence-electron chi connectivity index (χ2n) is 8.24. The first-order valence-corrected chi connectivity index (χ1v) is 13.1. The Morgan fingerprint density at radius 3 is 2.58 bits per heavy atom. The van der Waals surface area contributed by atoms with Crippen molar-refractivity contribution in [3.8, 4) is 5.75 Å². The van der Waals surface area contributed by atoms with E-state index in [4.69, 9.17) is 16.2 Å². The van der Waals surface area contributed by atoms with E-state index < -0.39 is 45.8 Å². The molecule has 1 atom stereocenters. The number of aliphatic carboxylic acids is 1. The maximum atomic E-state index is 12.9. The lowest BCUT2D eigenvalue weighted by molar-refractivity contribution is -0.138. The molecule has 0 saturated carbocycles. The summed E-state index contributed by atoms with van der Waals surface area (Å²) in [4.78, 5) is 41.2. The van der Waals surface area contributed by atoms with Crippen LogP contribution >= 0.6 is 0 Å². The summed E-state index contributed by atoms with van der Waals surface area (Å²) < 4.78 is 34.1. The number of hydrogen-bond acceptors (Lipinski definition) is 7. The highest BCUT2D eigenvalue weighted by molar-refractivity contribution is 7.88. The van der Waals surface area contributed by atoms with Crippen molar-refractivity contribution in [3.63, 3.8) is 0 Å². The number of ether oxygens (including phenoxy) is 1. The van der Waals surface area contributed by atoms with Crippen LogP contribution in [0.25, 0.3) is 5.52 Å². The first-order valence-electron chi connectivity index (χ1n) is 11.5. The number of guanidine groups is 1. The van der Waals surface area contributed by atoms with E-state index in [2.05, 4.69) is 15.0 Å². The maximum Gasteiger partial charge on any atom is 0.323 e. The molecule has 2 heterocycles. The van der Waals surface area contributed by atoms with Crippen LogP contribution in [0.5, 0.6) is 5.75 Å². The molecule has 1 aromatic carbocycles. The van der Waals surface area contributed by atoms with E-state index in [-0.39, 0.29) is 11.5 Å². The molecule has 0 aliphatic carbocycles. The maximum absolute atomic E-state index is 12.9. The van der Waals surface area contributed by atoms with Crippen molar-refractivity contribution >= 4 is 39.1 Å². The minimum atomic E-state index is -4.16. The van der Waals surface area contributed by atoms with Crippen molar-refractivity contribution in [1.29, 1.82) is 0 Å². The van der Waals surface area contributed by atoms with Gasteiger partial charge in [0.15, 0.2) is 5.96 Å². The lowest BCUT2D eigenvalue weighted by atomic mass is 10.2. The van der Waals surface area contributed by atoms with Gasteiger partial charge in [0, 0.05) is 12.1 Å². The number of nitrogens with zero attached hydrogens (tertiary/aromatic N) is 2. The molecule has 0 bridgehead atoms. The second kappa shape index (κ2) is 12.2. The number of rotatable bonds is 12. The summed E-state index contributed by atoms with van der Waals surface area (Å²) in [5, 5.41) is 11.8. The molecule has 0 fully saturated rings. The number of carbonyl (C=O) groups excluding carboxylic acids is 1. The van der Waals surface area contributed by atoms with Crippen LogP contribution in [0.2, 0.25) is 0 Å². The number of nitrogens with one attached hydrogen (secondary N) is 2. The number of sulfonamides is 1. The number of aromatic nitrogens is 1. The lowest BCUT2D eigenvalue weighted by Crippen LogP contribution is -2.49. The van der Waals surface area contributed by atoms with E-state index in [9.17, 15) is 27.9 Å². The number of benzene rings is 1. The van der Waals surface area contributed by atoms with E-state index >= 15 is 0 Å². The van der Waals surface area contributed by atoms with Gasteiger partial charge in [0.05, 0.1) is 24.2 Å².